The Kier molecular flexibility index (Phi) is 5.04. The van der Waals surface area contributed by atoms with Crippen LogP contribution in [0.1, 0.15) is 28.5 Å². The van der Waals surface area contributed by atoms with Crippen LogP contribution in [0.4, 0.5) is 0 Å². The lowest BCUT2D eigenvalue weighted by atomic mass is 10.1. The summed E-state index contributed by atoms with van der Waals surface area (Å²) in [6, 6.07) is 8.97. The third-order valence-corrected chi connectivity index (χ3v) is 3.58. The highest BCUT2D eigenvalue weighted by molar-refractivity contribution is 7.80. The van der Waals surface area contributed by atoms with Gasteiger partial charge in [-0.05, 0) is 36.2 Å². The second-order valence-corrected chi connectivity index (χ2v) is 5.23. The van der Waals surface area contributed by atoms with Gasteiger partial charge in [-0.2, -0.15) is 0 Å². The number of halogens is 1. The number of thiol groups is 1. The molecule has 0 radical (unpaired) electrons. The Hall–Kier alpha value is -1.52. The van der Waals surface area contributed by atoms with Crippen molar-refractivity contribution in [2.24, 2.45) is 0 Å². The number of aryl methyl sites for hydroxylation is 1. The van der Waals surface area contributed by atoms with Crippen LogP contribution in [-0.4, -0.2) is 10.9 Å². The van der Waals surface area contributed by atoms with E-state index in [0.29, 0.717) is 22.0 Å². The van der Waals surface area contributed by atoms with Crippen LogP contribution in [0, 0.1) is 0 Å². The van der Waals surface area contributed by atoms with Crippen molar-refractivity contribution < 1.29 is 4.79 Å². The number of carbonyl (C=O) groups excluding carboxylic acids is 1. The zero-order chi connectivity index (χ0) is 14.5. The molecule has 0 saturated carbocycles. The molecule has 2 aromatic rings. The smallest absolute Gasteiger partial charge is 0.253 e. The zero-order valence-corrected chi connectivity index (χ0v) is 12.7. The van der Waals surface area contributed by atoms with Gasteiger partial charge in [0.1, 0.15) is 0 Å². The average Bonchev–Trinajstić information content (AvgIpc) is 2.47. The number of nitrogens with zero attached hydrogens (tertiary/aromatic N) is 1. The van der Waals surface area contributed by atoms with Crippen LogP contribution < -0.4 is 5.32 Å². The fourth-order valence-electron chi connectivity index (χ4n) is 1.90. The Bertz CT molecular complexity index is 631. The van der Waals surface area contributed by atoms with Crippen molar-refractivity contribution in [3.8, 4) is 0 Å². The molecule has 2 rings (SSSR count). The van der Waals surface area contributed by atoms with Crippen molar-refractivity contribution in [1.29, 1.82) is 0 Å². The highest BCUT2D eigenvalue weighted by atomic mass is 35.5. The van der Waals surface area contributed by atoms with Gasteiger partial charge in [-0.15, -0.1) is 12.6 Å². The topological polar surface area (TPSA) is 42.0 Å². The molecule has 1 N–H and O–H groups in total. The molecule has 0 spiro atoms. The van der Waals surface area contributed by atoms with Crippen LogP contribution >= 0.6 is 24.2 Å². The largest absolute Gasteiger partial charge is 0.346 e. The quantitative estimate of drug-likeness (QED) is 0.849. The lowest BCUT2D eigenvalue weighted by Crippen LogP contribution is -2.24. The van der Waals surface area contributed by atoms with Gasteiger partial charge in [0.2, 0.25) is 0 Å². The summed E-state index contributed by atoms with van der Waals surface area (Å²) in [5, 5.41) is 3.25. The van der Waals surface area contributed by atoms with Gasteiger partial charge in [-0.3, -0.25) is 9.78 Å². The minimum absolute atomic E-state index is 0.224. The molecule has 0 aliphatic carbocycles. The number of carbonyl (C=O) groups is 1. The van der Waals surface area contributed by atoms with E-state index in [-0.39, 0.29) is 5.91 Å². The van der Waals surface area contributed by atoms with Crippen LogP contribution in [-0.2, 0) is 13.0 Å². The molecule has 1 aromatic carbocycles. The summed E-state index contributed by atoms with van der Waals surface area (Å²) >= 11 is 10.2. The molecule has 0 atom stereocenters. The number of rotatable bonds is 4. The number of amides is 1. The summed E-state index contributed by atoms with van der Waals surface area (Å²) in [5.41, 5.74) is 2.43. The van der Waals surface area contributed by atoms with E-state index in [1.165, 1.54) is 0 Å². The molecule has 0 aliphatic rings. The maximum Gasteiger partial charge on any atom is 0.253 e. The van der Waals surface area contributed by atoms with E-state index in [2.05, 4.69) is 29.9 Å². The van der Waals surface area contributed by atoms with Crippen LogP contribution in [0.3, 0.4) is 0 Å². The van der Waals surface area contributed by atoms with E-state index in [0.717, 1.165) is 17.7 Å². The standard InChI is InChI=1S/C15H15ClN2OS/c1-2-10-4-3-7-17-14(10)9-18-15(19)12-8-11(20)5-6-13(12)16/h3-8,20H,2,9H2,1H3,(H,18,19). The van der Waals surface area contributed by atoms with Gasteiger partial charge in [0.15, 0.2) is 0 Å². The van der Waals surface area contributed by atoms with Crippen molar-refractivity contribution in [2.75, 3.05) is 0 Å². The zero-order valence-electron chi connectivity index (χ0n) is 11.1. The molecule has 20 heavy (non-hydrogen) atoms. The molecular formula is C15H15ClN2OS. The van der Waals surface area contributed by atoms with E-state index in [1.807, 2.05) is 12.1 Å². The molecule has 1 heterocycles. The minimum Gasteiger partial charge on any atom is -0.346 e. The van der Waals surface area contributed by atoms with E-state index >= 15 is 0 Å². The van der Waals surface area contributed by atoms with Gasteiger partial charge in [-0.1, -0.05) is 24.6 Å². The Labute approximate surface area is 128 Å². The lowest BCUT2D eigenvalue weighted by Gasteiger charge is -2.09. The SMILES string of the molecule is CCc1cccnc1CNC(=O)c1cc(S)ccc1Cl. The molecule has 0 unspecified atom stereocenters. The normalized spacial score (nSPS) is 10.3. The Balaban J connectivity index is 2.11. The van der Waals surface area contributed by atoms with Crippen molar-refractivity contribution in [1.82, 2.24) is 10.3 Å². The first-order valence-electron chi connectivity index (χ1n) is 6.31. The first kappa shape index (κ1) is 14.9. The van der Waals surface area contributed by atoms with Crippen molar-refractivity contribution >= 4 is 30.1 Å². The summed E-state index contributed by atoms with van der Waals surface area (Å²) in [5.74, 6) is -0.224. The highest BCUT2D eigenvalue weighted by Gasteiger charge is 2.11. The molecule has 0 aliphatic heterocycles. The van der Waals surface area contributed by atoms with Crippen molar-refractivity contribution in [3.63, 3.8) is 0 Å². The summed E-state index contributed by atoms with van der Waals surface area (Å²) in [4.78, 5) is 17.1. The Morgan fingerprint density at radius 3 is 2.95 bits per heavy atom. The summed E-state index contributed by atoms with van der Waals surface area (Å²) in [7, 11) is 0. The average molecular weight is 307 g/mol. The monoisotopic (exact) mass is 306 g/mol. The van der Waals surface area contributed by atoms with Crippen LogP contribution in [0.2, 0.25) is 5.02 Å². The molecule has 1 aromatic heterocycles. The van der Waals surface area contributed by atoms with E-state index < -0.39 is 0 Å². The minimum atomic E-state index is -0.224. The second-order valence-electron chi connectivity index (χ2n) is 4.31. The Morgan fingerprint density at radius 2 is 2.20 bits per heavy atom. The van der Waals surface area contributed by atoms with E-state index in [1.54, 1.807) is 24.4 Å². The highest BCUT2D eigenvalue weighted by Crippen LogP contribution is 2.19. The maximum absolute atomic E-state index is 12.1. The molecule has 1 amide bonds. The molecule has 5 heteroatoms. The van der Waals surface area contributed by atoms with Gasteiger partial charge >= 0.3 is 0 Å². The number of aromatic nitrogens is 1. The number of pyridine rings is 1. The van der Waals surface area contributed by atoms with Crippen LogP contribution in [0.25, 0.3) is 0 Å². The predicted octanol–water partition coefficient (Wildman–Crippen LogP) is 3.52. The fourth-order valence-corrected chi connectivity index (χ4v) is 2.31. The number of hydrogen-bond acceptors (Lipinski definition) is 3. The van der Waals surface area contributed by atoms with Crippen molar-refractivity contribution in [2.45, 2.75) is 24.8 Å². The van der Waals surface area contributed by atoms with Gasteiger partial charge in [-0.25, -0.2) is 0 Å². The van der Waals surface area contributed by atoms with Gasteiger partial charge in [0, 0.05) is 11.1 Å². The number of benzene rings is 1. The van der Waals surface area contributed by atoms with Crippen LogP contribution in [0.5, 0.6) is 0 Å². The third kappa shape index (κ3) is 3.52. The molecule has 0 fully saturated rings. The lowest BCUT2D eigenvalue weighted by molar-refractivity contribution is 0.0950. The maximum atomic E-state index is 12.1. The molecule has 0 saturated heterocycles. The number of nitrogens with one attached hydrogen (secondary N) is 1. The fraction of sp³-hybridized carbons (Fsp3) is 0.200. The summed E-state index contributed by atoms with van der Waals surface area (Å²) in [6.07, 6.45) is 2.61. The van der Waals surface area contributed by atoms with Crippen molar-refractivity contribution in [3.05, 3.63) is 58.4 Å². The number of hydrogen-bond donors (Lipinski definition) is 2. The van der Waals surface area contributed by atoms with E-state index in [4.69, 9.17) is 11.6 Å². The molecule has 3 nitrogen and oxygen atoms in total. The first-order chi connectivity index (χ1) is 9.61. The third-order valence-electron chi connectivity index (χ3n) is 2.98. The summed E-state index contributed by atoms with van der Waals surface area (Å²) < 4.78 is 0. The van der Waals surface area contributed by atoms with Gasteiger partial charge < -0.3 is 5.32 Å². The molecule has 0 bridgehead atoms. The second kappa shape index (κ2) is 6.77. The van der Waals surface area contributed by atoms with E-state index in [9.17, 15) is 4.79 Å². The van der Waals surface area contributed by atoms with Gasteiger partial charge in [0.05, 0.1) is 22.8 Å². The molecule has 104 valence electrons. The first-order valence-corrected chi connectivity index (χ1v) is 7.13. The Morgan fingerprint density at radius 1 is 1.40 bits per heavy atom. The van der Waals surface area contributed by atoms with Gasteiger partial charge in [0.25, 0.3) is 5.91 Å². The summed E-state index contributed by atoms with van der Waals surface area (Å²) in [6.45, 7) is 2.44. The van der Waals surface area contributed by atoms with Crippen LogP contribution in [0.15, 0.2) is 41.4 Å². The predicted molar refractivity (Wildman–Crippen MR) is 83.5 cm³/mol. The molecular weight excluding hydrogens is 292 g/mol.